The summed E-state index contributed by atoms with van der Waals surface area (Å²) < 4.78 is 56.8. The van der Waals surface area contributed by atoms with E-state index in [4.69, 9.17) is 5.73 Å². The highest BCUT2D eigenvalue weighted by atomic mass is 31.2. The molecule has 0 heterocycles. The lowest BCUT2D eigenvalue weighted by Crippen LogP contribution is -2.38. The Kier molecular flexibility index (Phi) is 5.08. The predicted molar refractivity (Wildman–Crippen MR) is 44.9 cm³/mol. The lowest BCUT2D eigenvalue weighted by Gasteiger charge is -2.24. The molecule has 0 unspecified atom stereocenters. The van der Waals surface area contributed by atoms with Crippen LogP contribution < -0.4 is 5.73 Å². The second kappa shape index (κ2) is 5.11. The lowest BCUT2D eigenvalue weighted by atomic mass is 10.7. The summed E-state index contributed by atoms with van der Waals surface area (Å²) in [5.74, 6) is -2.59. The van der Waals surface area contributed by atoms with E-state index in [2.05, 4.69) is 9.05 Å². The van der Waals surface area contributed by atoms with Gasteiger partial charge >= 0.3 is 13.8 Å². The van der Waals surface area contributed by atoms with Crippen molar-refractivity contribution in [2.75, 3.05) is 13.2 Å². The average molecular weight is 235 g/mol. The number of nitrogens with two attached hydrogens (primary N) is 1. The van der Waals surface area contributed by atoms with Crippen LogP contribution in [0.5, 0.6) is 0 Å². The van der Waals surface area contributed by atoms with Crippen molar-refractivity contribution < 1.29 is 26.8 Å². The van der Waals surface area contributed by atoms with Crippen LogP contribution in [0.3, 0.4) is 0 Å². The Morgan fingerprint density at radius 1 is 1.29 bits per heavy atom. The Hall–Kier alpha value is -0.100. The van der Waals surface area contributed by atoms with E-state index >= 15 is 0 Å². The first kappa shape index (κ1) is 13.9. The molecule has 0 aliphatic rings. The average Bonchev–Trinajstić information content (AvgIpc) is 2.02. The lowest BCUT2D eigenvalue weighted by molar-refractivity contribution is -0.134. The Labute approximate surface area is 80.1 Å². The van der Waals surface area contributed by atoms with Crippen molar-refractivity contribution in [2.24, 2.45) is 5.73 Å². The Morgan fingerprint density at radius 2 is 1.64 bits per heavy atom. The highest BCUT2D eigenvalue weighted by molar-refractivity contribution is 7.54. The van der Waals surface area contributed by atoms with E-state index in [1.807, 2.05) is 0 Å². The minimum absolute atomic E-state index is 0.152. The smallest absolute Gasteiger partial charge is 0.310 e. The molecular formula is C6H13F3NO3P. The first-order valence-electron chi connectivity index (χ1n) is 3.99. The zero-order chi connectivity index (χ0) is 11.4. The molecule has 0 fully saturated rings. The maximum absolute atomic E-state index is 12.1. The van der Waals surface area contributed by atoms with Crippen molar-refractivity contribution in [3.05, 3.63) is 0 Å². The molecule has 86 valence electrons. The molecular weight excluding hydrogens is 222 g/mol. The van der Waals surface area contributed by atoms with Gasteiger partial charge in [0.25, 0.3) is 0 Å². The van der Waals surface area contributed by atoms with E-state index in [-0.39, 0.29) is 13.2 Å². The summed E-state index contributed by atoms with van der Waals surface area (Å²) in [6.07, 6.45) is -4.79. The van der Waals surface area contributed by atoms with E-state index in [1.165, 1.54) is 13.8 Å². The van der Waals surface area contributed by atoms with Gasteiger partial charge in [0.2, 0.25) is 5.78 Å². The fraction of sp³-hybridized carbons (Fsp3) is 1.00. The second-order valence-electron chi connectivity index (χ2n) is 2.36. The highest BCUT2D eigenvalue weighted by Crippen LogP contribution is 2.55. The number of rotatable bonds is 5. The number of alkyl halides is 3. The van der Waals surface area contributed by atoms with Crippen LogP contribution in [0.2, 0.25) is 0 Å². The molecule has 0 aliphatic carbocycles. The third-order valence-electron chi connectivity index (χ3n) is 1.29. The van der Waals surface area contributed by atoms with Crippen LogP contribution in [0.4, 0.5) is 13.2 Å². The van der Waals surface area contributed by atoms with Gasteiger partial charge in [-0.2, -0.15) is 13.2 Å². The van der Waals surface area contributed by atoms with E-state index in [0.717, 1.165) is 0 Å². The first-order valence-corrected chi connectivity index (χ1v) is 5.60. The van der Waals surface area contributed by atoms with Gasteiger partial charge in [0.15, 0.2) is 0 Å². The summed E-state index contributed by atoms with van der Waals surface area (Å²) in [5, 5.41) is 0. The molecule has 4 nitrogen and oxygen atoms in total. The van der Waals surface area contributed by atoms with Crippen molar-refractivity contribution in [1.29, 1.82) is 0 Å². The summed E-state index contributed by atoms with van der Waals surface area (Å²) in [5.41, 5.74) is 4.76. The van der Waals surface area contributed by atoms with Gasteiger partial charge < -0.3 is 14.8 Å². The van der Waals surface area contributed by atoms with Gasteiger partial charge in [-0.3, -0.25) is 4.57 Å². The van der Waals surface area contributed by atoms with Crippen molar-refractivity contribution in [1.82, 2.24) is 0 Å². The molecule has 0 rings (SSSR count). The van der Waals surface area contributed by atoms with Crippen molar-refractivity contribution in [3.63, 3.8) is 0 Å². The summed E-state index contributed by atoms with van der Waals surface area (Å²) in [6, 6.07) is 0. The summed E-state index contributed by atoms with van der Waals surface area (Å²) in [4.78, 5) is 0. The van der Waals surface area contributed by atoms with Crippen LogP contribution in [-0.2, 0) is 13.6 Å². The van der Waals surface area contributed by atoms with Gasteiger partial charge in [-0.15, -0.1) is 0 Å². The molecule has 0 aliphatic heterocycles. The SMILES string of the molecule is CCOP(=O)(OCC)[C@@H](N)C(F)(F)F. The number of hydrogen-bond donors (Lipinski definition) is 1. The van der Waals surface area contributed by atoms with Crippen LogP contribution in [0.1, 0.15) is 13.8 Å². The predicted octanol–water partition coefficient (Wildman–Crippen LogP) is 2.10. The summed E-state index contributed by atoms with van der Waals surface area (Å²) >= 11 is 0. The highest BCUT2D eigenvalue weighted by Gasteiger charge is 2.51. The molecule has 1 atom stereocenters. The molecule has 2 N–H and O–H groups in total. The van der Waals surface area contributed by atoms with Crippen LogP contribution in [0, 0.1) is 0 Å². The molecule has 0 aromatic rings. The minimum atomic E-state index is -4.79. The number of halogens is 3. The van der Waals surface area contributed by atoms with Gasteiger partial charge in [0, 0.05) is 0 Å². The number of hydrogen-bond acceptors (Lipinski definition) is 4. The Morgan fingerprint density at radius 3 is 1.86 bits per heavy atom. The normalized spacial score (nSPS) is 15.6. The van der Waals surface area contributed by atoms with Crippen LogP contribution in [0.15, 0.2) is 0 Å². The topological polar surface area (TPSA) is 61.5 Å². The zero-order valence-electron chi connectivity index (χ0n) is 7.87. The molecule has 0 saturated carbocycles. The molecule has 8 heteroatoms. The molecule has 0 amide bonds. The molecule has 14 heavy (non-hydrogen) atoms. The molecule has 0 bridgehead atoms. The fourth-order valence-electron chi connectivity index (χ4n) is 0.737. The maximum Gasteiger partial charge on any atom is 0.415 e. The van der Waals surface area contributed by atoms with Crippen molar-refractivity contribution >= 4 is 7.60 Å². The third kappa shape index (κ3) is 3.57. The van der Waals surface area contributed by atoms with Crippen LogP contribution in [-0.4, -0.2) is 25.2 Å². The zero-order valence-corrected chi connectivity index (χ0v) is 8.77. The van der Waals surface area contributed by atoms with Crippen molar-refractivity contribution in [3.8, 4) is 0 Å². The van der Waals surface area contributed by atoms with Gasteiger partial charge in [0.05, 0.1) is 13.2 Å². The summed E-state index contributed by atoms with van der Waals surface area (Å²) in [6.45, 7) is 2.52. The van der Waals surface area contributed by atoms with Crippen LogP contribution in [0.25, 0.3) is 0 Å². The molecule has 0 spiro atoms. The largest absolute Gasteiger partial charge is 0.415 e. The molecule has 0 aromatic heterocycles. The second-order valence-corrected chi connectivity index (χ2v) is 4.51. The van der Waals surface area contributed by atoms with E-state index in [0.29, 0.717) is 0 Å². The fourth-order valence-corrected chi connectivity index (χ4v) is 2.21. The Balaban J connectivity index is 4.73. The van der Waals surface area contributed by atoms with E-state index < -0.39 is 19.6 Å². The maximum atomic E-state index is 12.1. The van der Waals surface area contributed by atoms with Gasteiger partial charge in [-0.1, -0.05) is 0 Å². The first-order chi connectivity index (χ1) is 6.28. The third-order valence-corrected chi connectivity index (χ3v) is 3.50. The quantitative estimate of drug-likeness (QED) is 0.741. The monoisotopic (exact) mass is 235 g/mol. The van der Waals surface area contributed by atoms with Crippen molar-refractivity contribution in [2.45, 2.75) is 25.8 Å². The van der Waals surface area contributed by atoms with E-state index in [1.54, 1.807) is 0 Å². The van der Waals surface area contributed by atoms with Gasteiger partial charge in [-0.05, 0) is 13.8 Å². The molecule has 0 saturated heterocycles. The molecule has 0 radical (unpaired) electrons. The van der Waals surface area contributed by atoms with Gasteiger partial charge in [-0.25, -0.2) is 0 Å². The Bertz CT molecular complexity index is 211. The standard InChI is InChI=1S/C6H13F3NO3P/c1-3-12-14(11,13-4-2)5(10)6(7,8)9/h5H,3-4,10H2,1-2H3/t5-/m1/s1. The summed E-state index contributed by atoms with van der Waals surface area (Å²) in [7, 11) is -4.28. The van der Waals surface area contributed by atoms with E-state index in [9.17, 15) is 17.7 Å². The van der Waals surface area contributed by atoms with Gasteiger partial charge in [0.1, 0.15) is 0 Å². The molecule has 0 aromatic carbocycles. The van der Waals surface area contributed by atoms with Crippen LogP contribution >= 0.6 is 7.60 Å². The minimum Gasteiger partial charge on any atom is -0.310 e.